The fourth-order valence-electron chi connectivity index (χ4n) is 1.67. The molecule has 2 atom stereocenters. The number of carbonyl (C=O) groups excluding carboxylic acids is 1. The summed E-state index contributed by atoms with van der Waals surface area (Å²) in [6, 6.07) is 0. The van der Waals surface area contributed by atoms with Crippen molar-refractivity contribution in [3.8, 4) is 0 Å². The summed E-state index contributed by atoms with van der Waals surface area (Å²) in [6.07, 6.45) is 0. The third-order valence-electron chi connectivity index (χ3n) is 2.25. The lowest BCUT2D eigenvalue weighted by Gasteiger charge is -2.21. The van der Waals surface area contributed by atoms with Crippen LogP contribution in [0.15, 0.2) is 0 Å². The number of hydrogen-bond acceptors (Lipinski definition) is 3. The van der Waals surface area contributed by atoms with Gasteiger partial charge in [0.15, 0.2) is 0 Å². The highest BCUT2D eigenvalue weighted by atomic mass is 16.6. The quantitative estimate of drug-likeness (QED) is 0.590. The van der Waals surface area contributed by atoms with E-state index in [1.54, 1.807) is 20.8 Å². The number of esters is 1. The maximum Gasteiger partial charge on any atom is 0.311 e. The molecule has 1 heterocycles. The first-order valence-electron chi connectivity index (χ1n) is 3.82. The summed E-state index contributed by atoms with van der Waals surface area (Å²) in [5.74, 6) is -2.67. The molecule has 4 heteroatoms. The van der Waals surface area contributed by atoms with Crippen LogP contribution in [-0.2, 0) is 14.3 Å². The summed E-state index contributed by atoms with van der Waals surface area (Å²) in [6.45, 7) is 4.82. The van der Waals surface area contributed by atoms with Gasteiger partial charge in [-0.3, -0.25) is 9.59 Å². The molecule has 2 unspecified atom stereocenters. The van der Waals surface area contributed by atoms with Crippen molar-refractivity contribution in [2.45, 2.75) is 26.4 Å². The molecule has 4 nitrogen and oxygen atoms in total. The Hall–Kier alpha value is -1.06. The van der Waals surface area contributed by atoms with E-state index in [1.165, 1.54) is 0 Å². The van der Waals surface area contributed by atoms with Gasteiger partial charge in [0.2, 0.25) is 0 Å². The molecule has 1 fully saturated rings. The Balaban J connectivity index is 2.96. The van der Waals surface area contributed by atoms with Gasteiger partial charge in [-0.1, -0.05) is 6.92 Å². The zero-order valence-electron chi connectivity index (χ0n) is 7.33. The van der Waals surface area contributed by atoms with Crippen LogP contribution in [0.4, 0.5) is 0 Å². The van der Waals surface area contributed by atoms with E-state index in [2.05, 4.69) is 0 Å². The summed E-state index contributed by atoms with van der Waals surface area (Å²) in [5.41, 5.74) is -0.873. The van der Waals surface area contributed by atoms with Crippen LogP contribution < -0.4 is 0 Å². The number of carboxylic acid groups (broad SMARTS) is 1. The van der Waals surface area contributed by atoms with Crippen LogP contribution in [0, 0.1) is 11.8 Å². The van der Waals surface area contributed by atoms with Gasteiger partial charge in [0.1, 0.15) is 11.5 Å². The predicted molar refractivity (Wildman–Crippen MR) is 40.5 cm³/mol. The predicted octanol–water partition coefficient (Wildman–Crippen LogP) is 0.659. The van der Waals surface area contributed by atoms with Gasteiger partial charge in [0, 0.05) is 0 Å². The molecule has 0 aromatic rings. The Morgan fingerprint density at radius 3 is 2.25 bits per heavy atom. The van der Waals surface area contributed by atoms with Gasteiger partial charge < -0.3 is 9.84 Å². The molecule has 0 aliphatic carbocycles. The zero-order chi connectivity index (χ0) is 9.52. The number of cyclic esters (lactones) is 1. The van der Waals surface area contributed by atoms with Gasteiger partial charge in [-0.15, -0.1) is 0 Å². The third kappa shape index (κ3) is 1.17. The molecular weight excluding hydrogens is 160 g/mol. The second-order valence-electron chi connectivity index (χ2n) is 3.63. The van der Waals surface area contributed by atoms with Crippen LogP contribution >= 0.6 is 0 Å². The second kappa shape index (κ2) is 2.47. The first-order valence-corrected chi connectivity index (χ1v) is 3.82. The molecule has 0 aromatic heterocycles. The van der Waals surface area contributed by atoms with Gasteiger partial charge in [-0.05, 0) is 13.8 Å². The van der Waals surface area contributed by atoms with E-state index in [0.717, 1.165) is 0 Å². The highest BCUT2D eigenvalue weighted by Gasteiger charge is 2.51. The molecule has 0 bridgehead atoms. The Kier molecular flexibility index (Phi) is 1.86. The molecule has 0 aromatic carbocycles. The average Bonchev–Trinajstić information content (AvgIpc) is 2.01. The number of rotatable bonds is 1. The van der Waals surface area contributed by atoms with E-state index in [4.69, 9.17) is 9.84 Å². The molecule has 0 spiro atoms. The van der Waals surface area contributed by atoms with Crippen LogP contribution in [-0.4, -0.2) is 22.6 Å². The average molecular weight is 172 g/mol. The zero-order valence-corrected chi connectivity index (χ0v) is 7.33. The van der Waals surface area contributed by atoms with E-state index in [1.807, 2.05) is 0 Å². The lowest BCUT2D eigenvalue weighted by Crippen LogP contribution is -2.35. The molecular formula is C8H12O4. The molecule has 12 heavy (non-hydrogen) atoms. The molecule has 0 amide bonds. The summed E-state index contributed by atoms with van der Waals surface area (Å²) in [7, 11) is 0. The van der Waals surface area contributed by atoms with Crippen molar-refractivity contribution in [2.24, 2.45) is 11.8 Å². The maximum absolute atomic E-state index is 11.0. The summed E-state index contributed by atoms with van der Waals surface area (Å²) in [5, 5.41) is 8.80. The minimum Gasteiger partial charge on any atom is -0.481 e. The van der Waals surface area contributed by atoms with Crippen molar-refractivity contribution in [1.29, 1.82) is 0 Å². The fourth-order valence-corrected chi connectivity index (χ4v) is 1.67. The van der Waals surface area contributed by atoms with Crippen molar-refractivity contribution in [3.05, 3.63) is 0 Å². The highest BCUT2D eigenvalue weighted by molar-refractivity contribution is 5.85. The summed E-state index contributed by atoms with van der Waals surface area (Å²) >= 11 is 0. The lowest BCUT2D eigenvalue weighted by molar-refractivity contribution is -0.151. The molecule has 68 valence electrons. The third-order valence-corrected chi connectivity index (χ3v) is 2.25. The highest BCUT2D eigenvalue weighted by Crippen LogP contribution is 2.36. The van der Waals surface area contributed by atoms with Gasteiger partial charge in [-0.2, -0.15) is 0 Å². The van der Waals surface area contributed by atoms with E-state index in [0.29, 0.717) is 0 Å². The molecule has 0 radical (unpaired) electrons. The minimum absolute atomic E-state index is 0.424. The Bertz CT molecular complexity index is 231. The van der Waals surface area contributed by atoms with Gasteiger partial charge >= 0.3 is 11.9 Å². The van der Waals surface area contributed by atoms with Crippen molar-refractivity contribution in [3.63, 3.8) is 0 Å². The number of ether oxygens (including phenoxy) is 1. The van der Waals surface area contributed by atoms with Crippen molar-refractivity contribution >= 4 is 11.9 Å². The largest absolute Gasteiger partial charge is 0.481 e. The monoisotopic (exact) mass is 172 g/mol. The first-order chi connectivity index (χ1) is 5.36. The molecule has 1 rings (SSSR count). The van der Waals surface area contributed by atoms with E-state index >= 15 is 0 Å². The topological polar surface area (TPSA) is 63.6 Å². The van der Waals surface area contributed by atoms with Gasteiger partial charge in [0.25, 0.3) is 0 Å². The number of carboxylic acids is 1. The Labute approximate surface area is 70.5 Å². The number of aliphatic carboxylic acids is 1. The van der Waals surface area contributed by atoms with Gasteiger partial charge in [0.05, 0.1) is 5.92 Å². The smallest absolute Gasteiger partial charge is 0.311 e. The fraction of sp³-hybridized carbons (Fsp3) is 0.750. The Morgan fingerprint density at radius 2 is 2.08 bits per heavy atom. The number of carbonyl (C=O) groups is 2. The molecule has 1 aliphatic heterocycles. The van der Waals surface area contributed by atoms with Crippen molar-refractivity contribution < 1.29 is 19.4 Å². The SMILES string of the molecule is CC1C(=O)OC(C)(C)C1C(=O)O. The first kappa shape index (κ1) is 9.03. The van der Waals surface area contributed by atoms with E-state index < -0.39 is 29.4 Å². The minimum atomic E-state index is -0.974. The standard InChI is InChI=1S/C8H12O4/c1-4-5(6(9)10)8(2,3)12-7(4)11/h4-5H,1-3H3,(H,9,10). The summed E-state index contributed by atoms with van der Waals surface area (Å²) < 4.78 is 4.92. The van der Waals surface area contributed by atoms with Crippen LogP contribution in [0.25, 0.3) is 0 Å². The van der Waals surface area contributed by atoms with E-state index in [9.17, 15) is 9.59 Å². The molecule has 1 N–H and O–H groups in total. The molecule has 0 saturated carbocycles. The molecule has 1 aliphatic rings. The summed E-state index contributed by atoms with van der Waals surface area (Å²) in [4.78, 5) is 21.8. The van der Waals surface area contributed by atoms with Crippen LogP contribution in [0.1, 0.15) is 20.8 Å². The van der Waals surface area contributed by atoms with Crippen molar-refractivity contribution in [1.82, 2.24) is 0 Å². The second-order valence-corrected chi connectivity index (χ2v) is 3.63. The molecule has 1 saturated heterocycles. The van der Waals surface area contributed by atoms with Gasteiger partial charge in [-0.25, -0.2) is 0 Å². The van der Waals surface area contributed by atoms with Crippen LogP contribution in [0.5, 0.6) is 0 Å². The van der Waals surface area contributed by atoms with Crippen LogP contribution in [0.3, 0.4) is 0 Å². The van der Waals surface area contributed by atoms with E-state index in [-0.39, 0.29) is 0 Å². The normalized spacial score (nSPS) is 33.1. The Morgan fingerprint density at radius 1 is 1.58 bits per heavy atom. The van der Waals surface area contributed by atoms with Crippen LogP contribution in [0.2, 0.25) is 0 Å². The lowest BCUT2D eigenvalue weighted by atomic mass is 9.84. The van der Waals surface area contributed by atoms with Crippen molar-refractivity contribution in [2.75, 3.05) is 0 Å². The number of hydrogen-bond donors (Lipinski definition) is 1. The maximum atomic E-state index is 11.0.